The van der Waals surface area contributed by atoms with Crippen molar-refractivity contribution >= 4 is 17.3 Å². The Hall–Kier alpha value is -2.29. The summed E-state index contributed by atoms with van der Waals surface area (Å²) in [7, 11) is 0. The molecule has 0 aliphatic heterocycles. The molecule has 10 heteroatoms. The van der Waals surface area contributed by atoms with Gasteiger partial charge in [0.1, 0.15) is 12.4 Å². The summed E-state index contributed by atoms with van der Waals surface area (Å²) in [5.74, 6) is -0.220. The Kier molecular flexibility index (Phi) is 4.55. The van der Waals surface area contributed by atoms with Crippen LogP contribution in [0.2, 0.25) is 5.15 Å². The third kappa shape index (κ3) is 3.14. The molecule has 0 saturated heterocycles. The third-order valence-corrected chi connectivity index (χ3v) is 3.40. The minimum atomic E-state index is -3.03. The fraction of sp³-hybridized carbons (Fsp3) is 0.333. The van der Waals surface area contributed by atoms with Crippen molar-refractivity contribution in [2.24, 2.45) is 0 Å². The predicted molar refractivity (Wildman–Crippen MR) is 73.3 cm³/mol. The molecule has 1 atom stereocenters. The van der Waals surface area contributed by atoms with Gasteiger partial charge in [0, 0.05) is 17.3 Å². The summed E-state index contributed by atoms with van der Waals surface area (Å²) in [6.45, 7) is 0.213. The topological polar surface area (TPSA) is 83.1 Å². The van der Waals surface area contributed by atoms with Gasteiger partial charge in [0.05, 0.1) is 11.0 Å². The standard InChI is InChI=1S/C12H11ClF2N4O3/c1-6-9(4-16-11(13)10(6)22-12(14)15)7(2)18-5-8(3-17-18)19(20)21/h3-5,7,12H,1-2H3. The number of pyridine rings is 1. The van der Waals surface area contributed by atoms with E-state index in [4.69, 9.17) is 11.6 Å². The Labute approximate surface area is 128 Å². The van der Waals surface area contributed by atoms with Gasteiger partial charge in [0.2, 0.25) is 0 Å². The Morgan fingerprint density at radius 2 is 2.14 bits per heavy atom. The summed E-state index contributed by atoms with van der Waals surface area (Å²) >= 11 is 5.76. The average Bonchev–Trinajstić information content (AvgIpc) is 2.92. The van der Waals surface area contributed by atoms with Crippen molar-refractivity contribution in [2.75, 3.05) is 0 Å². The van der Waals surface area contributed by atoms with Gasteiger partial charge < -0.3 is 4.74 Å². The molecule has 0 saturated carbocycles. The van der Waals surface area contributed by atoms with Crippen molar-refractivity contribution in [2.45, 2.75) is 26.5 Å². The second kappa shape index (κ2) is 6.22. The van der Waals surface area contributed by atoms with E-state index in [0.29, 0.717) is 11.1 Å². The second-order valence-corrected chi connectivity index (χ2v) is 4.81. The first-order valence-electron chi connectivity index (χ1n) is 6.09. The third-order valence-electron chi connectivity index (χ3n) is 3.13. The Morgan fingerprint density at radius 3 is 2.68 bits per heavy atom. The molecule has 2 aromatic rings. The SMILES string of the molecule is Cc1c(C(C)n2cc([N+](=O)[O-])cn2)cnc(Cl)c1OC(F)F. The summed E-state index contributed by atoms with van der Waals surface area (Å²) < 4.78 is 30.6. The van der Waals surface area contributed by atoms with Crippen LogP contribution in [-0.2, 0) is 0 Å². The van der Waals surface area contributed by atoms with Gasteiger partial charge in [-0.05, 0) is 13.8 Å². The van der Waals surface area contributed by atoms with Gasteiger partial charge >= 0.3 is 12.3 Å². The number of rotatable bonds is 5. The van der Waals surface area contributed by atoms with Gasteiger partial charge in [0.15, 0.2) is 10.9 Å². The first-order chi connectivity index (χ1) is 10.3. The quantitative estimate of drug-likeness (QED) is 0.476. The zero-order valence-corrected chi connectivity index (χ0v) is 12.3. The Morgan fingerprint density at radius 1 is 1.45 bits per heavy atom. The lowest BCUT2D eigenvalue weighted by atomic mass is 10.1. The fourth-order valence-electron chi connectivity index (χ4n) is 1.99. The van der Waals surface area contributed by atoms with E-state index in [1.807, 2.05) is 0 Å². The van der Waals surface area contributed by atoms with Crippen LogP contribution in [0.25, 0.3) is 0 Å². The first kappa shape index (κ1) is 16.1. The van der Waals surface area contributed by atoms with Crippen molar-refractivity contribution in [1.29, 1.82) is 0 Å². The number of hydrogen-bond acceptors (Lipinski definition) is 5. The molecule has 0 fully saturated rings. The molecule has 0 radical (unpaired) electrons. The van der Waals surface area contributed by atoms with Crippen molar-refractivity contribution < 1.29 is 18.4 Å². The lowest BCUT2D eigenvalue weighted by Gasteiger charge is -2.18. The van der Waals surface area contributed by atoms with Crippen LogP contribution >= 0.6 is 11.6 Å². The number of aromatic nitrogens is 3. The van der Waals surface area contributed by atoms with Crippen molar-refractivity contribution in [3.8, 4) is 5.75 Å². The largest absolute Gasteiger partial charge is 0.431 e. The summed E-state index contributed by atoms with van der Waals surface area (Å²) in [4.78, 5) is 13.9. The maximum atomic E-state index is 12.4. The maximum absolute atomic E-state index is 12.4. The molecule has 2 aromatic heterocycles. The molecule has 2 heterocycles. The molecule has 118 valence electrons. The molecular weight excluding hydrogens is 322 g/mol. The Bertz CT molecular complexity index is 708. The van der Waals surface area contributed by atoms with Gasteiger partial charge in [0.25, 0.3) is 0 Å². The van der Waals surface area contributed by atoms with E-state index in [1.165, 1.54) is 17.1 Å². The molecule has 0 spiro atoms. The van der Waals surface area contributed by atoms with Crippen LogP contribution in [0.1, 0.15) is 24.1 Å². The summed E-state index contributed by atoms with van der Waals surface area (Å²) in [6.07, 6.45) is 3.74. The number of alkyl halides is 2. The van der Waals surface area contributed by atoms with Gasteiger partial charge in [-0.15, -0.1) is 0 Å². The minimum absolute atomic E-state index is 0.171. The van der Waals surface area contributed by atoms with Crippen LogP contribution in [0.15, 0.2) is 18.6 Å². The number of hydrogen-bond donors (Lipinski definition) is 0. The Balaban J connectivity index is 2.40. The molecular formula is C12H11ClF2N4O3. The zero-order chi connectivity index (χ0) is 16.4. The van der Waals surface area contributed by atoms with Crippen LogP contribution in [0.3, 0.4) is 0 Å². The fourth-order valence-corrected chi connectivity index (χ4v) is 2.23. The summed E-state index contributed by atoms with van der Waals surface area (Å²) in [6, 6.07) is -0.474. The lowest BCUT2D eigenvalue weighted by molar-refractivity contribution is -0.385. The highest BCUT2D eigenvalue weighted by Gasteiger charge is 2.21. The van der Waals surface area contributed by atoms with Gasteiger partial charge in [-0.2, -0.15) is 13.9 Å². The highest BCUT2D eigenvalue weighted by molar-refractivity contribution is 6.30. The minimum Gasteiger partial charge on any atom is -0.431 e. The molecule has 0 aliphatic rings. The molecule has 1 unspecified atom stereocenters. The van der Waals surface area contributed by atoms with E-state index < -0.39 is 17.6 Å². The van der Waals surface area contributed by atoms with Crippen LogP contribution < -0.4 is 4.74 Å². The molecule has 0 bridgehead atoms. The van der Waals surface area contributed by atoms with E-state index in [9.17, 15) is 18.9 Å². The lowest BCUT2D eigenvalue weighted by Crippen LogP contribution is -2.12. The monoisotopic (exact) mass is 332 g/mol. The number of halogens is 3. The molecule has 0 aromatic carbocycles. The normalized spacial score (nSPS) is 12.5. The molecule has 0 N–H and O–H groups in total. The molecule has 0 aliphatic carbocycles. The first-order valence-corrected chi connectivity index (χ1v) is 6.47. The number of nitrogens with zero attached hydrogens (tertiary/aromatic N) is 4. The zero-order valence-electron chi connectivity index (χ0n) is 11.5. The average molecular weight is 333 g/mol. The van der Waals surface area contributed by atoms with Gasteiger partial charge in [-0.25, -0.2) is 4.98 Å². The highest BCUT2D eigenvalue weighted by atomic mass is 35.5. The van der Waals surface area contributed by atoms with E-state index in [2.05, 4.69) is 14.8 Å². The number of nitro groups is 1. The maximum Gasteiger partial charge on any atom is 0.387 e. The molecule has 2 rings (SSSR count). The van der Waals surface area contributed by atoms with Gasteiger partial charge in [-0.3, -0.25) is 14.8 Å². The van der Waals surface area contributed by atoms with Crippen LogP contribution in [0, 0.1) is 17.0 Å². The van der Waals surface area contributed by atoms with E-state index in [0.717, 1.165) is 6.20 Å². The van der Waals surface area contributed by atoms with Crippen LogP contribution in [-0.4, -0.2) is 26.3 Å². The summed E-state index contributed by atoms with van der Waals surface area (Å²) in [5, 5.41) is 14.4. The predicted octanol–water partition coefficient (Wildman–Crippen LogP) is 3.36. The summed E-state index contributed by atoms with van der Waals surface area (Å²) in [5.41, 5.74) is 0.708. The molecule has 7 nitrogen and oxygen atoms in total. The van der Waals surface area contributed by atoms with Crippen LogP contribution in [0.5, 0.6) is 5.75 Å². The van der Waals surface area contributed by atoms with Crippen molar-refractivity contribution in [3.05, 3.63) is 45.0 Å². The molecule has 0 amide bonds. The highest BCUT2D eigenvalue weighted by Crippen LogP contribution is 2.33. The van der Waals surface area contributed by atoms with E-state index in [1.54, 1.807) is 13.8 Å². The van der Waals surface area contributed by atoms with Crippen molar-refractivity contribution in [1.82, 2.24) is 14.8 Å². The van der Waals surface area contributed by atoms with Gasteiger partial charge in [-0.1, -0.05) is 11.6 Å². The number of ether oxygens (including phenoxy) is 1. The smallest absolute Gasteiger partial charge is 0.387 e. The molecule has 22 heavy (non-hydrogen) atoms. The van der Waals surface area contributed by atoms with Crippen LogP contribution in [0.4, 0.5) is 14.5 Å². The second-order valence-electron chi connectivity index (χ2n) is 4.45. The van der Waals surface area contributed by atoms with E-state index in [-0.39, 0.29) is 16.6 Å². The van der Waals surface area contributed by atoms with Crippen molar-refractivity contribution in [3.63, 3.8) is 0 Å². The van der Waals surface area contributed by atoms with E-state index >= 15 is 0 Å².